The van der Waals surface area contributed by atoms with Gasteiger partial charge in [-0.25, -0.2) is 0 Å². The monoisotopic (exact) mass is 256 g/mol. The van der Waals surface area contributed by atoms with E-state index in [2.05, 4.69) is 35.8 Å². The minimum Gasteiger partial charge on any atom is -0.508 e. The highest BCUT2D eigenvalue weighted by atomic mass is 79.9. The topological polar surface area (TPSA) is 20.2 Å². The molecule has 1 N–H and O–H groups in total. The highest BCUT2D eigenvalue weighted by molar-refractivity contribution is 9.09. The van der Waals surface area contributed by atoms with Crippen molar-refractivity contribution in [3.05, 3.63) is 29.8 Å². The molecule has 0 heterocycles. The fraction of sp³-hybridized carbons (Fsp3) is 0.500. The fourth-order valence-corrected chi connectivity index (χ4v) is 1.77. The summed E-state index contributed by atoms with van der Waals surface area (Å²) in [7, 11) is 0. The number of phenols is 1. The first-order valence-corrected chi connectivity index (χ1v) is 5.97. The van der Waals surface area contributed by atoms with Crippen molar-refractivity contribution in [1.82, 2.24) is 0 Å². The summed E-state index contributed by atoms with van der Waals surface area (Å²) in [6.45, 7) is 4.41. The molecule has 1 rings (SSSR count). The lowest BCUT2D eigenvalue weighted by atomic mass is 9.97. The van der Waals surface area contributed by atoms with E-state index >= 15 is 0 Å². The minimum absolute atomic E-state index is 0.359. The van der Waals surface area contributed by atoms with Gasteiger partial charge >= 0.3 is 0 Å². The number of phenolic OH excluding ortho intramolecular Hbond substituents is 1. The third-order valence-corrected chi connectivity index (χ3v) is 4.03. The molecule has 0 bridgehead atoms. The molecule has 2 unspecified atom stereocenters. The van der Waals surface area contributed by atoms with Gasteiger partial charge in [0.05, 0.1) is 0 Å². The zero-order valence-electron chi connectivity index (χ0n) is 8.70. The van der Waals surface area contributed by atoms with Gasteiger partial charge in [0.25, 0.3) is 0 Å². The third-order valence-electron chi connectivity index (χ3n) is 2.48. The molecule has 1 nitrogen and oxygen atoms in total. The first-order chi connectivity index (χ1) is 6.63. The lowest BCUT2D eigenvalue weighted by molar-refractivity contribution is 0.473. The normalized spacial score (nSPS) is 15.1. The Morgan fingerprint density at radius 1 is 1.43 bits per heavy atom. The Labute approximate surface area is 94.3 Å². The van der Waals surface area contributed by atoms with Crippen molar-refractivity contribution in [2.45, 2.75) is 31.5 Å². The van der Waals surface area contributed by atoms with E-state index in [0.717, 1.165) is 12.8 Å². The van der Waals surface area contributed by atoms with E-state index in [1.807, 2.05) is 12.1 Å². The Bertz CT molecular complexity index is 285. The molecule has 0 saturated heterocycles. The molecular weight excluding hydrogens is 240 g/mol. The number of rotatable bonds is 4. The van der Waals surface area contributed by atoms with E-state index in [-0.39, 0.29) is 0 Å². The molecule has 0 fully saturated rings. The number of hydrogen-bond donors (Lipinski definition) is 1. The minimum atomic E-state index is 0.359. The highest BCUT2D eigenvalue weighted by Crippen LogP contribution is 2.22. The summed E-state index contributed by atoms with van der Waals surface area (Å²) in [5.74, 6) is 0.958. The fourth-order valence-electron chi connectivity index (χ4n) is 1.59. The maximum Gasteiger partial charge on any atom is 0.115 e. The predicted octanol–water partition coefficient (Wildman–Crippen LogP) is 3.74. The summed E-state index contributed by atoms with van der Waals surface area (Å²) < 4.78 is 0. The van der Waals surface area contributed by atoms with Gasteiger partial charge in [-0.05, 0) is 36.5 Å². The lowest BCUT2D eigenvalue weighted by Crippen LogP contribution is -2.12. The van der Waals surface area contributed by atoms with Crippen molar-refractivity contribution in [2.24, 2.45) is 5.92 Å². The van der Waals surface area contributed by atoms with Crippen molar-refractivity contribution >= 4 is 15.9 Å². The van der Waals surface area contributed by atoms with E-state index in [9.17, 15) is 5.11 Å². The van der Waals surface area contributed by atoms with Gasteiger partial charge in [0.15, 0.2) is 0 Å². The second kappa shape index (κ2) is 5.40. The average molecular weight is 257 g/mol. The van der Waals surface area contributed by atoms with Gasteiger partial charge < -0.3 is 5.11 Å². The second-order valence-electron chi connectivity index (χ2n) is 3.78. The second-order valence-corrected chi connectivity index (χ2v) is 4.95. The molecule has 2 atom stereocenters. The summed E-state index contributed by atoms with van der Waals surface area (Å²) in [6, 6.07) is 7.50. The van der Waals surface area contributed by atoms with E-state index < -0.39 is 0 Å². The molecule has 78 valence electrons. The third kappa shape index (κ3) is 3.33. The number of halogens is 1. The predicted molar refractivity (Wildman–Crippen MR) is 64.0 cm³/mol. The van der Waals surface area contributed by atoms with Crippen LogP contribution in [0.2, 0.25) is 0 Å². The van der Waals surface area contributed by atoms with Crippen LogP contribution >= 0.6 is 15.9 Å². The molecule has 0 aliphatic heterocycles. The zero-order chi connectivity index (χ0) is 10.6. The number of aromatic hydroxyl groups is 1. The Balaban J connectivity index is 2.60. The number of hydrogen-bond acceptors (Lipinski definition) is 1. The molecule has 0 radical (unpaired) electrons. The molecule has 0 aromatic heterocycles. The molecule has 1 aromatic carbocycles. The first-order valence-electron chi connectivity index (χ1n) is 5.05. The van der Waals surface area contributed by atoms with Crippen LogP contribution in [0, 0.1) is 5.92 Å². The van der Waals surface area contributed by atoms with Crippen molar-refractivity contribution in [3.63, 3.8) is 0 Å². The summed E-state index contributed by atoms with van der Waals surface area (Å²) in [5, 5.41) is 9.31. The molecule has 0 spiro atoms. The number of benzene rings is 1. The van der Waals surface area contributed by atoms with Crippen LogP contribution in [0.4, 0.5) is 0 Å². The van der Waals surface area contributed by atoms with Crippen molar-refractivity contribution in [2.75, 3.05) is 0 Å². The Morgan fingerprint density at radius 3 is 2.71 bits per heavy atom. The molecule has 14 heavy (non-hydrogen) atoms. The standard InChI is InChI=1S/C12H17BrO/c1-3-12(13)9(2)7-10-5-4-6-11(14)8-10/h4-6,8-9,12,14H,3,7H2,1-2H3. The van der Waals surface area contributed by atoms with Crippen LogP contribution < -0.4 is 0 Å². The largest absolute Gasteiger partial charge is 0.508 e. The van der Waals surface area contributed by atoms with Crippen LogP contribution in [-0.4, -0.2) is 9.93 Å². The molecule has 0 saturated carbocycles. The van der Waals surface area contributed by atoms with Gasteiger partial charge in [-0.1, -0.05) is 41.9 Å². The van der Waals surface area contributed by atoms with Crippen LogP contribution in [0.3, 0.4) is 0 Å². The van der Waals surface area contributed by atoms with Crippen LogP contribution in [0.5, 0.6) is 5.75 Å². The average Bonchev–Trinajstić information content (AvgIpc) is 2.16. The molecule has 0 aliphatic rings. The van der Waals surface area contributed by atoms with Crippen LogP contribution in [-0.2, 0) is 6.42 Å². The van der Waals surface area contributed by atoms with Gasteiger partial charge in [0.1, 0.15) is 5.75 Å². The van der Waals surface area contributed by atoms with E-state index in [4.69, 9.17) is 0 Å². The Kier molecular flexibility index (Phi) is 4.46. The molecule has 1 aromatic rings. The van der Waals surface area contributed by atoms with E-state index in [0.29, 0.717) is 16.5 Å². The summed E-state index contributed by atoms with van der Waals surface area (Å²) in [6.07, 6.45) is 2.15. The maximum absolute atomic E-state index is 9.31. The summed E-state index contributed by atoms with van der Waals surface area (Å²) in [4.78, 5) is 0.560. The van der Waals surface area contributed by atoms with E-state index in [1.54, 1.807) is 6.07 Å². The number of alkyl halides is 1. The lowest BCUT2D eigenvalue weighted by Gasteiger charge is -2.16. The molecule has 2 heteroatoms. The molecule has 0 aliphatic carbocycles. The van der Waals surface area contributed by atoms with Crippen LogP contribution in [0.1, 0.15) is 25.8 Å². The SMILES string of the molecule is CCC(Br)C(C)Cc1cccc(O)c1. The summed E-state index contributed by atoms with van der Waals surface area (Å²) in [5.41, 5.74) is 1.20. The van der Waals surface area contributed by atoms with Gasteiger partial charge in [-0.2, -0.15) is 0 Å². The Hall–Kier alpha value is -0.500. The first kappa shape index (κ1) is 11.6. The van der Waals surface area contributed by atoms with Gasteiger partial charge in [0, 0.05) is 4.83 Å². The van der Waals surface area contributed by atoms with Gasteiger partial charge in [-0.3, -0.25) is 0 Å². The molecular formula is C12H17BrO. The van der Waals surface area contributed by atoms with Crippen molar-refractivity contribution in [1.29, 1.82) is 0 Å². The Morgan fingerprint density at radius 2 is 2.14 bits per heavy atom. The van der Waals surface area contributed by atoms with E-state index in [1.165, 1.54) is 5.56 Å². The quantitative estimate of drug-likeness (QED) is 0.814. The van der Waals surface area contributed by atoms with Gasteiger partial charge in [-0.15, -0.1) is 0 Å². The van der Waals surface area contributed by atoms with Gasteiger partial charge in [0.2, 0.25) is 0 Å². The summed E-state index contributed by atoms with van der Waals surface area (Å²) >= 11 is 3.66. The molecule has 0 amide bonds. The maximum atomic E-state index is 9.31. The smallest absolute Gasteiger partial charge is 0.115 e. The van der Waals surface area contributed by atoms with Crippen molar-refractivity contribution < 1.29 is 5.11 Å². The van der Waals surface area contributed by atoms with Crippen molar-refractivity contribution in [3.8, 4) is 5.75 Å². The van der Waals surface area contributed by atoms with Crippen LogP contribution in [0.25, 0.3) is 0 Å². The highest BCUT2D eigenvalue weighted by Gasteiger charge is 2.12. The zero-order valence-corrected chi connectivity index (χ0v) is 10.3. The van der Waals surface area contributed by atoms with Crippen LogP contribution in [0.15, 0.2) is 24.3 Å².